The standard InChI is InChI=1S/C12H19N3O2/c1-8-6-10(4-5-11(8)15-13)12(16)14-9(2)7-17-3/h4-6,9,15H,7,13H2,1-3H3,(H,14,16). The fourth-order valence-electron chi connectivity index (χ4n) is 1.57. The van der Waals surface area contributed by atoms with Crippen LogP contribution in [-0.2, 0) is 4.74 Å². The SMILES string of the molecule is COCC(C)NC(=O)c1ccc(NN)c(C)c1. The van der Waals surface area contributed by atoms with Gasteiger partial charge >= 0.3 is 0 Å². The van der Waals surface area contributed by atoms with Gasteiger partial charge in [-0.1, -0.05) is 0 Å². The van der Waals surface area contributed by atoms with Crippen molar-refractivity contribution in [1.29, 1.82) is 0 Å². The summed E-state index contributed by atoms with van der Waals surface area (Å²) in [4.78, 5) is 11.9. The Kier molecular flexibility index (Phi) is 4.93. The Hall–Kier alpha value is -1.59. The Labute approximate surface area is 101 Å². The molecular weight excluding hydrogens is 218 g/mol. The molecule has 5 nitrogen and oxygen atoms in total. The number of hydrazine groups is 1. The van der Waals surface area contributed by atoms with Crippen LogP contribution in [0, 0.1) is 6.92 Å². The number of hydrogen-bond acceptors (Lipinski definition) is 4. The first-order valence-electron chi connectivity index (χ1n) is 5.45. The molecule has 0 aliphatic rings. The van der Waals surface area contributed by atoms with Crippen molar-refractivity contribution in [2.45, 2.75) is 19.9 Å². The van der Waals surface area contributed by atoms with E-state index in [1.807, 2.05) is 13.8 Å². The summed E-state index contributed by atoms with van der Waals surface area (Å²) in [6.45, 7) is 4.28. The van der Waals surface area contributed by atoms with Gasteiger partial charge in [0.05, 0.1) is 12.3 Å². The summed E-state index contributed by atoms with van der Waals surface area (Å²) < 4.78 is 4.96. The smallest absolute Gasteiger partial charge is 0.251 e. The van der Waals surface area contributed by atoms with Crippen molar-refractivity contribution in [1.82, 2.24) is 5.32 Å². The van der Waals surface area contributed by atoms with Gasteiger partial charge in [0.25, 0.3) is 5.91 Å². The van der Waals surface area contributed by atoms with E-state index in [4.69, 9.17) is 10.6 Å². The minimum absolute atomic E-state index is 0.0138. The second kappa shape index (κ2) is 6.22. The molecule has 0 saturated carbocycles. The quantitative estimate of drug-likeness (QED) is 0.528. The van der Waals surface area contributed by atoms with E-state index in [9.17, 15) is 4.79 Å². The Balaban J connectivity index is 2.72. The fourth-order valence-corrected chi connectivity index (χ4v) is 1.57. The van der Waals surface area contributed by atoms with Crippen LogP contribution >= 0.6 is 0 Å². The van der Waals surface area contributed by atoms with E-state index < -0.39 is 0 Å². The average Bonchev–Trinajstić information content (AvgIpc) is 2.29. The molecule has 5 heteroatoms. The molecule has 94 valence electrons. The first-order valence-corrected chi connectivity index (χ1v) is 5.45. The minimum Gasteiger partial charge on any atom is -0.383 e. The van der Waals surface area contributed by atoms with Gasteiger partial charge in [-0.15, -0.1) is 0 Å². The number of carbonyl (C=O) groups excluding carboxylic acids is 1. The predicted molar refractivity (Wildman–Crippen MR) is 67.8 cm³/mol. The molecule has 0 aliphatic carbocycles. The average molecular weight is 237 g/mol. The van der Waals surface area contributed by atoms with Crippen molar-refractivity contribution in [3.63, 3.8) is 0 Å². The Morgan fingerprint density at radius 3 is 2.76 bits per heavy atom. The number of methoxy groups -OCH3 is 1. The van der Waals surface area contributed by atoms with Crippen molar-refractivity contribution in [2.75, 3.05) is 19.1 Å². The zero-order valence-corrected chi connectivity index (χ0v) is 10.4. The number of nitrogens with one attached hydrogen (secondary N) is 2. The van der Waals surface area contributed by atoms with E-state index in [0.29, 0.717) is 12.2 Å². The van der Waals surface area contributed by atoms with E-state index in [0.717, 1.165) is 11.3 Å². The van der Waals surface area contributed by atoms with Crippen LogP contribution in [0.1, 0.15) is 22.8 Å². The maximum atomic E-state index is 11.9. The van der Waals surface area contributed by atoms with E-state index in [-0.39, 0.29) is 11.9 Å². The highest BCUT2D eigenvalue weighted by Crippen LogP contribution is 2.15. The molecule has 1 atom stereocenters. The summed E-state index contributed by atoms with van der Waals surface area (Å²) in [5, 5.41) is 2.85. The van der Waals surface area contributed by atoms with E-state index >= 15 is 0 Å². The van der Waals surface area contributed by atoms with Crippen LogP contribution in [0.25, 0.3) is 0 Å². The largest absolute Gasteiger partial charge is 0.383 e. The van der Waals surface area contributed by atoms with Crippen LogP contribution in [0.15, 0.2) is 18.2 Å². The third kappa shape index (κ3) is 3.72. The summed E-state index contributed by atoms with van der Waals surface area (Å²) >= 11 is 0. The maximum absolute atomic E-state index is 11.9. The van der Waals surface area contributed by atoms with Crippen molar-refractivity contribution >= 4 is 11.6 Å². The van der Waals surface area contributed by atoms with Crippen LogP contribution in [0.5, 0.6) is 0 Å². The van der Waals surface area contributed by atoms with Gasteiger partial charge in [-0.05, 0) is 37.6 Å². The molecular formula is C12H19N3O2. The first-order chi connectivity index (χ1) is 8.08. The summed E-state index contributed by atoms with van der Waals surface area (Å²) in [6, 6.07) is 5.30. The monoisotopic (exact) mass is 237 g/mol. The van der Waals surface area contributed by atoms with E-state index in [1.165, 1.54) is 0 Å². The third-order valence-corrected chi connectivity index (χ3v) is 2.44. The molecule has 1 aromatic carbocycles. The molecule has 1 rings (SSSR count). The normalized spacial score (nSPS) is 12.0. The van der Waals surface area contributed by atoms with Gasteiger partial charge in [0.1, 0.15) is 0 Å². The lowest BCUT2D eigenvalue weighted by Gasteiger charge is -2.13. The first kappa shape index (κ1) is 13.5. The Morgan fingerprint density at radius 2 is 2.24 bits per heavy atom. The van der Waals surface area contributed by atoms with Crippen molar-refractivity contribution in [2.24, 2.45) is 5.84 Å². The molecule has 1 amide bonds. The highest BCUT2D eigenvalue weighted by atomic mass is 16.5. The van der Waals surface area contributed by atoms with E-state index in [1.54, 1.807) is 25.3 Å². The zero-order valence-electron chi connectivity index (χ0n) is 10.4. The Morgan fingerprint density at radius 1 is 1.53 bits per heavy atom. The molecule has 0 heterocycles. The van der Waals surface area contributed by atoms with Gasteiger partial charge < -0.3 is 15.5 Å². The van der Waals surface area contributed by atoms with Gasteiger partial charge in [0.2, 0.25) is 0 Å². The van der Waals surface area contributed by atoms with Crippen LogP contribution in [0.4, 0.5) is 5.69 Å². The number of anilines is 1. The topological polar surface area (TPSA) is 76.4 Å². The number of amides is 1. The van der Waals surface area contributed by atoms with Crippen LogP contribution in [-0.4, -0.2) is 25.7 Å². The van der Waals surface area contributed by atoms with E-state index in [2.05, 4.69) is 10.7 Å². The number of hydrogen-bond donors (Lipinski definition) is 3. The number of aryl methyl sites for hydroxylation is 1. The number of rotatable bonds is 5. The molecule has 0 radical (unpaired) electrons. The number of nitrogen functional groups attached to an aromatic ring is 1. The molecule has 17 heavy (non-hydrogen) atoms. The second-order valence-corrected chi connectivity index (χ2v) is 4.00. The molecule has 0 saturated heterocycles. The lowest BCUT2D eigenvalue weighted by Crippen LogP contribution is -2.35. The molecule has 4 N–H and O–H groups in total. The van der Waals surface area contributed by atoms with Crippen molar-refractivity contribution in [3.8, 4) is 0 Å². The van der Waals surface area contributed by atoms with Crippen LogP contribution < -0.4 is 16.6 Å². The zero-order chi connectivity index (χ0) is 12.8. The highest BCUT2D eigenvalue weighted by Gasteiger charge is 2.10. The summed E-state index contributed by atoms with van der Waals surface area (Å²) in [7, 11) is 1.61. The number of benzene rings is 1. The molecule has 0 spiro atoms. The number of nitrogens with two attached hydrogens (primary N) is 1. The van der Waals surface area contributed by atoms with Gasteiger partial charge in [0.15, 0.2) is 0 Å². The molecule has 1 aromatic rings. The molecule has 0 fully saturated rings. The maximum Gasteiger partial charge on any atom is 0.251 e. The van der Waals surface area contributed by atoms with Gasteiger partial charge in [-0.3, -0.25) is 10.6 Å². The lowest BCUT2D eigenvalue weighted by molar-refractivity contribution is 0.0905. The summed E-state index contributed by atoms with van der Waals surface area (Å²) in [6.07, 6.45) is 0. The Bertz CT molecular complexity index is 393. The lowest BCUT2D eigenvalue weighted by atomic mass is 10.1. The number of carbonyl (C=O) groups is 1. The van der Waals surface area contributed by atoms with Crippen LogP contribution in [0.2, 0.25) is 0 Å². The fraction of sp³-hybridized carbons (Fsp3) is 0.417. The molecule has 0 aromatic heterocycles. The molecule has 1 unspecified atom stereocenters. The van der Waals surface area contributed by atoms with Crippen LogP contribution in [0.3, 0.4) is 0 Å². The third-order valence-electron chi connectivity index (χ3n) is 2.44. The predicted octanol–water partition coefficient (Wildman–Crippen LogP) is 1.05. The minimum atomic E-state index is -0.110. The van der Waals surface area contributed by atoms with Crippen molar-refractivity contribution in [3.05, 3.63) is 29.3 Å². The second-order valence-electron chi connectivity index (χ2n) is 4.00. The van der Waals surface area contributed by atoms with Gasteiger partial charge in [0, 0.05) is 18.7 Å². The van der Waals surface area contributed by atoms with Gasteiger partial charge in [-0.25, -0.2) is 0 Å². The van der Waals surface area contributed by atoms with Crippen molar-refractivity contribution < 1.29 is 9.53 Å². The van der Waals surface area contributed by atoms with Gasteiger partial charge in [-0.2, -0.15) is 0 Å². The molecule has 0 bridgehead atoms. The summed E-state index contributed by atoms with van der Waals surface area (Å²) in [5.41, 5.74) is 4.93. The summed E-state index contributed by atoms with van der Waals surface area (Å²) in [5.74, 6) is 5.22. The number of ether oxygens (including phenoxy) is 1. The highest BCUT2D eigenvalue weighted by molar-refractivity contribution is 5.95. The molecule has 0 aliphatic heterocycles.